The maximum absolute atomic E-state index is 12.2. The Bertz CT molecular complexity index is 781. The van der Waals surface area contributed by atoms with Crippen LogP contribution in [0, 0.1) is 0 Å². The number of hydrogen-bond donors (Lipinski definition) is 2. The van der Waals surface area contributed by atoms with Crippen molar-refractivity contribution in [1.29, 1.82) is 0 Å². The van der Waals surface area contributed by atoms with Gasteiger partial charge in [-0.1, -0.05) is 5.16 Å². The Morgan fingerprint density at radius 2 is 2.04 bits per heavy atom. The molecule has 0 unspecified atom stereocenters. The van der Waals surface area contributed by atoms with E-state index < -0.39 is 15.9 Å². The van der Waals surface area contributed by atoms with Crippen molar-refractivity contribution in [2.75, 3.05) is 18.5 Å². The van der Waals surface area contributed by atoms with Gasteiger partial charge in [0.2, 0.25) is 10.0 Å². The summed E-state index contributed by atoms with van der Waals surface area (Å²) in [4.78, 5) is 12.1. The lowest BCUT2D eigenvalue weighted by Gasteiger charge is -2.11. The molecule has 0 spiro atoms. The van der Waals surface area contributed by atoms with Crippen LogP contribution in [0.25, 0.3) is 0 Å². The van der Waals surface area contributed by atoms with Crippen molar-refractivity contribution in [3.63, 3.8) is 0 Å². The Hall–Kier alpha value is -2.23. The number of nitrogens with zero attached hydrogens (tertiary/aromatic N) is 1. The summed E-state index contributed by atoms with van der Waals surface area (Å²) in [6.07, 6.45) is 3.06. The molecule has 128 valence electrons. The van der Waals surface area contributed by atoms with Crippen LogP contribution in [0.1, 0.15) is 23.2 Å². The lowest BCUT2D eigenvalue weighted by molar-refractivity contribution is 0.102. The van der Waals surface area contributed by atoms with E-state index in [4.69, 9.17) is 4.74 Å². The molecule has 1 aromatic heterocycles. The quantitative estimate of drug-likeness (QED) is 0.813. The number of ether oxygens (including phenoxy) is 1. The van der Waals surface area contributed by atoms with Crippen molar-refractivity contribution in [1.82, 2.24) is 9.88 Å². The monoisotopic (exact) mass is 351 g/mol. The highest BCUT2D eigenvalue weighted by Gasteiger charge is 2.20. The number of amides is 1. The number of carbonyl (C=O) groups excluding carboxylic acids is 1. The minimum atomic E-state index is -3.63. The fraction of sp³-hybridized carbons (Fsp3) is 0.333. The van der Waals surface area contributed by atoms with E-state index in [0.717, 1.165) is 12.8 Å². The van der Waals surface area contributed by atoms with Gasteiger partial charge < -0.3 is 14.6 Å². The van der Waals surface area contributed by atoms with Crippen LogP contribution in [-0.2, 0) is 14.8 Å². The van der Waals surface area contributed by atoms with Crippen LogP contribution >= 0.6 is 0 Å². The number of nitrogens with one attached hydrogen (secondary N) is 2. The molecule has 3 rings (SSSR count). The molecule has 1 amide bonds. The minimum Gasteiger partial charge on any atom is -0.377 e. The van der Waals surface area contributed by atoms with Gasteiger partial charge >= 0.3 is 0 Å². The minimum absolute atomic E-state index is 0.0766. The van der Waals surface area contributed by atoms with Gasteiger partial charge in [0.05, 0.1) is 11.0 Å². The molecule has 0 bridgehead atoms. The van der Waals surface area contributed by atoms with Crippen molar-refractivity contribution in [3.05, 3.63) is 42.2 Å². The maximum Gasteiger partial charge on any atom is 0.256 e. The fourth-order valence-corrected chi connectivity index (χ4v) is 3.41. The molecule has 24 heavy (non-hydrogen) atoms. The van der Waals surface area contributed by atoms with Crippen molar-refractivity contribution in [2.45, 2.75) is 23.8 Å². The Morgan fingerprint density at radius 1 is 1.25 bits per heavy atom. The predicted molar refractivity (Wildman–Crippen MR) is 85.1 cm³/mol. The highest BCUT2D eigenvalue weighted by molar-refractivity contribution is 7.89. The van der Waals surface area contributed by atoms with Crippen LogP contribution in [0.15, 0.2) is 46.0 Å². The number of rotatable bonds is 6. The molecule has 1 aliphatic heterocycles. The smallest absolute Gasteiger partial charge is 0.256 e. The summed E-state index contributed by atoms with van der Waals surface area (Å²) in [5.41, 5.74) is 0.316. The van der Waals surface area contributed by atoms with Crippen LogP contribution in [0.5, 0.6) is 0 Å². The number of hydrogen-bond acceptors (Lipinski definition) is 6. The second-order valence-electron chi connectivity index (χ2n) is 5.35. The first-order valence-electron chi connectivity index (χ1n) is 7.48. The first-order valence-corrected chi connectivity index (χ1v) is 8.96. The zero-order valence-corrected chi connectivity index (χ0v) is 13.6. The number of carbonyl (C=O) groups is 1. The zero-order chi connectivity index (χ0) is 17.0. The van der Waals surface area contributed by atoms with Crippen LogP contribution in [0.4, 0.5) is 5.82 Å². The number of benzene rings is 1. The lowest BCUT2D eigenvalue weighted by Crippen LogP contribution is -2.31. The second kappa shape index (κ2) is 7.12. The van der Waals surface area contributed by atoms with Crippen molar-refractivity contribution in [2.24, 2.45) is 0 Å². The molecular weight excluding hydrogens is 334 g/mol. The second-order valence-corrected chi connectivity index (χ2v) is 7.12. The number of sulfonamides is 1. The van der Waals surface area contributed by atoms with E-state index in [1.54, 1.807) is 0 Å². The van der Waals surface area contributed by atoms with Gasteiger partial charge in [-0.05, 0) is 37.1 Å². The normalized spacial score (nSPS) is 17.8. The van der Waals surface area contributed by atoms with Crippen molar-refractivity contribution < 1.29 is 22.5 Å². The highest BCUT2D eigenvalue weighted by Crippen LogP contribution is 2.14. The van der Waals surface area contributed by atoms with Crippen LogP contribution in [0.2, 0.25) is 0 Å². The third-order valence-electron chi connectivity index (χ3n) is 3.63. The van der Waals surface area contributed by atoms with E-state index in [9.17, 15) is 13.2 Å². The van der Waals surface area contributed by atoms with Gasteiger partial charge in [-0.25, -0.2) is 13.1 Å². The van der Waals surface area contributed by atoms with E-state index in [-0.39, 0.29) is 23.4 Å². The fourth-order valence-electron chi connectivity index (χ4n) is 2.34. The average Bonchev–Trinajstić information content (AvgIpc) is 3.27. The SMILES string of the molecule is O=C(Nc1ccon1)c1ccc(S(=O)(=O)NC[C@H]2CCCO2)cc1. The van der Waals surface area contributed by atoms with E-state index in [0.29, 0.717) is 12.2 Å². The van der Waals surface area contributed by atoms with Crippen molar-refractivity contribution >= 4 is 21.7 Å². The molecule has 1 aliphatic rings. The van der Waals surface area contributed by atoms with Gasteiger partial charge in [0.25, 0.3) is 5.91 Å². The molecular formula is C15H17N3O5S. The Balaban J connectivity index is 1.63. The van der Waals surface area contributed by atoms with Gasteiger partial charge in [-0.2, -0.15) is 0 Å². The van der Waals surface area contributed by atoms with Gasteiger partial charge in [0.15, 0.2) is 5.82 Å². The first kappa shape index (κ1) is 16.6. The molecule has 0 saturated carbocycles. The van der Waals surface area contributed by atoms with Crippen molar-refractivity contribution in [3.8, 4) is 0 Å². The molecule has 2 aromatic rings. The third-order valence-corrected chi connectivity index (χ3v) is 5.07. The van der Waals surface area contributed by atoms with Crippen LogP contribution < -0.4 is 10.0 Å². The highest BCUT2D eigenvalue weighted by atomic mass is 32.2. The van der Waals surface area contributed by atoms with Crippen LogP contribution in [-0.4, -0.2) is 38.7 Å². The molecule has 9 heteroatoms. The van der Waals surface area contributed by atoms with E-state index >= 15 is 0 Å². The maximum atomic E-state index is 12.2. The van der Waals surface area contributed by atoms with Crippen LogP contribution in [0.3, 0.4) is 0 Å². The predicted octanol–water partition coefficient (Wildman–Crippen LogP) is 1.38. The number of aromatic nitrogens is 1. The molecule has 0 aliphatic carbocycles. The number of anilines is 1. The van der Waals surface area contributed by atoms with Gasteiger partial charge in [0.1, 0.15) is 6.26 Å². The molecule has 0 radical (unpaired) electrons. The third kappa shape index (κ3) is 3.99. The molecule has 1 saturated heterocycles. The Kier molecular flexibility index (Phi) is 4.93. The summed E-state index contributed by atoms with van der Waals surface area (Å²) >= 11 is 0. The molecule has 1 aromatic carbocycles. The van der Waals surface area contributed by atoms with Gasteiger partial charge in [-0.3, -0.25) is 4.79 Å². The largest absolute Gasteiger partial charge is 0.377 e. The Morgan fingerprint density at radius 3 is 2.67 bits per heavy atom. The first-order chi connectivity index (χ1) is 11.5. The molecule has 1 fully saturated rings. The average molecular weight is 351 g/mol. The molecule has 8 nitrogen and oxygen atoms in total. The van der Waals surface area contributed by atoms with E-state index in [1.807, 2.05) is 0 Å². The molecule has 2 heterocycles. The Labute approximate surface area is 139 Å². The van der Waals surface area contributed by atoms with Gasteiger partial charge in [0, 0.05) is 24.8 Å². The summed E-state index contributed by atoms with van der Waals surface area (Å²) in [6.45, 7) is 0.915. The summed E-state index contributed by atoms with van der Waals surface area (Å²) in [7, 11) is -3.63. The summed E-state index contributed by atoms with van der Waals surface area (Å²) in [5, 5.41) is 6.11. The lowest BCUT2D eigenvalue weighted by atomic mass is 10.2. The molecule has 1 atom stereocenters. The summed E-state index contributed by atoms with van der Waals surface area (Å²) < 4.78 is 37.0. The summed E-state index contributed by atoms with van der Waals surface area (Å²) in [6, 6.07) is 7.16. The van der Waals surface area contributed by atoms with E-state index in [2.05, 4.69) is 19.7 Å². The van der Waals surface area contributed by atoms with E-state index in [1.165, 1.54) is 36.6 Å². The zero-order valence-electron chi connectivity index (χ0n) is 12.8. The van der Waals surface area contributed by atoms with Gasteiger partial charge in [-0.15, -0.1) is 0 Å². The topological polar surface area (TPSA) is 111 Å². The standard InChI is InChI=1S/C15H17N3O5S/c19-15(17-14-7-9-23-18-14)11-3-5-13(6-4-11)24(20,21)16-10-12-2-1-8-22-12/h3-7,9,12,16H,1-2,8,10H2,(H,17,18,19)/t12-/m1/s1. The molecule has 2 N–H and O–H groups in total. The summed E-state index contributed by atoms with van der Waals surface area (Å²) in [5.74, 6) is -0.116.